The highest BCUT2D eigenvalue weighted by molar-refractivity contribution is 6.44. The predicted octanol–water partition coefficient (Wildman–Crippen LogP) is 4.32. The van der Waals surface area contributed by atoms with E-state index < -0.39 is 17.5 Å². The second-order valence-corrected chi connectivity index (χ2v) is 4.91. The fourth-order valence-electron chi connectivity index (χ4n) is 1.60. The zero-order chi connectivity index (χ0) is 15.4. The molecule has 0 fully saturated rings. The summed E-state index contributed by atoms with van der Waals surface area (Å²) in [7, 11) is 0. The lowest BCUT2D eigenvalue weighted by atomic mass is 10.3. The molecular weight excluding hydrogens is 321 g/mol. The van der Waals surface area contributed by atoms with Crippen molar-refractivity contribution in [1.82, 2.24) is 0 Å². The van der Waals surface area contributed by atoms with E-state index in [4.69, 9.17) is 23.2 Å². The van der Waals surface area contributed by atoms with Gasteiger partial charge < -0.3 is 10.6 Å². The van der Waals surface area contributed by atoms with Crippen LogP contribution in [-0.4, -0.2) is 12.5 Å². The van der Waals surface area contributed by atoms with Crippen LogP contribution in [-0.2, 0) is 4.79 Å². The average molecular weight is 331 g/mol. The first-order chi connectivity index (χ1) is 9.97. The lowest BCUT2D eigenvalue weighted by Gasteiger charge is -2.10. The number of nitrogens with one attached hydrogen (secondary N) is 2. The minimum atomic E-state index is -0.774. The summed E-state index contributed by atoms with van der Waals surface area (Å²) in [5.41, 5.74) is 0.388. The van der Waals surface area contributed by atoms with E-state index in [0.717, 1.165) is 12.1 Å². The van der Waals surface area contributed by atoms with E-state index in [9.17, 15) is 13.6 Å². The molecule has 0 radical (unpaired) electrons. The van der Waals surface area contributed by atoms with Crippen molar-refractivity contribution in [3.63, 3.8) is 0 Å². The van der Waals surface area contributed by atoms with Gasteiger partial charge in [-0.05, 0) is 24.3 Å². The molecule has 0 saturated carbocycles. The topological polar surface area (TPSA) is 41.1 Å². The highest BCUT2D eigenvalue weighted by Gasteiger charge is 2.09. The van der Waals surface area contributed by atoms with E-state index in [1.807, 2.05) is 0 Å². The third-order valence-electron chi connectivity index (χ3n) is 2.60. The zero-order valence-corrected chi connectivity index (χ0v) is 12.1. The van der Waals surface area contributed by atoms with Crippen LogP contribution in [0.5, 0.6) is 0 Å². The van der Waals surface area contributed by atoms with Crippen molar-refractivity contribution in [3.8, 4) is 0 Å². The number of hydrogen-bond acceptors (Lipinski definition) is 2. The Morgan fingerprint density at radius 1 is 1.10 bits per heavy atom. The van der Waals surface area contributed by atoms with Crippen LogP contribution in [0.15, 0.2) is 36.4 Å². The molecule has 0 aliphatic heterocycles. The Hall–Kier alpha value is -1.85. The number of benzene rings is 2. The van der Waals surface area contributed by atoms with Crippen LogP contribution in [0.1, 0.15) is 0 Å². The van der Waals surface area contributed by atoms with Gasteiger partial charge >= 0.3 is 0 Å². The van der Waals surface area contributed by atoms with Crippen molar-refractivity contribution >= 4 is 40.5 Å². The molecule has 7 heteroatoms. The van der Waals surface area contributed by atoms with Crippen molar-refractivity contribution in [3.05, 3.63) is 58.1 Å². The average Bonchev–Trinajstić information content (AvgIpc) is 2.43. The smallest absolute Gasteiger partial charge is 0.243 e. The van der Waals surface area contributed by atoms with Gasteiger partial charge in [0.15, 0.2) is 0 Å². The van der Waals surface area contributed by atoms with Crippen LogP contribution in [0, 0.1) is 11.6 Å². The number of hydrogen-bond donors (Lipinski definition) is 2. The Morgan fingerprint density at radius 3 is 2.57 bits per heavy atom. The van der Waals surface area contributed by atoms with Crippen molar-refractivity contribution in [2.24, 2.45) is 0 Å². The fraction of sp³-hybridized carbons (Fsp3) is 0.0714. The van der Waals surface area contributed by atoms with Crippen LogP contribution in [0.25, 0.3) is 0 Å². The van der Waals surface area contributed by atoms with Gasteiger partial charge in [0.1, 0.15) is 11.6 Å². The molecule has 0 saturated heterocycles. The Kier molecular flexibility index (Phi) is 4.98. The van der Waals surface area contributed by atoms with E-state index in [1.54, 1.807) is 18.2 Å². The van der Waals surface area contributed by atoms with Gasteiger partial charge in [-0.25, -0.2) is 8.78 Å². The van der Waals surface area contributed by atoms with E-state index in [1.165, 1.54) is 6.07 Å². The van der Waals surface area contributed by atoms with E-state index in [2.05, 4.69) is 10.6 Å². The molecule has 0 heterocycles. The molecule has 3 nitrogen and oxygen atoms in total. The molecule has 21 heavy (non-hydrogen) atoms. The lowest BCUT2D eigenvalue weighted by molar-refractivity contribution is -0.114. The molecular formula is C14H10Cl2F2N2O. The Balaban J connectivity index is 1.97. The molecule has 0 aliphatic carbocycles. The second kappa shape index (κ2) is 6.74. The van der Waals surface area contributed by atoms with Gasteiger partial charge in [-0.1, -0.05) is 29.3 Å². The summed E-state index contributed by atoms with van der Waals surface area (Å²) in [4.78, 5) is 11.8. The van der Waals surface area contributed by atoms with Gasteiger partial charge in [0, 0.05) is 6.07 Å². The van der Waals surface area contributed by atoms with Gasteiger partial charge in [0.25, 0.3) is 0 Å². The van der Waals surface area contributed by atoms with E-state index >= 15 is 0 Å². The lowest BCUT2D eigenvalue weighted by Crippen LogP contribution is -2.22. The molecule has 2 rings (SSSR count). The number of anilines is 2. The first kappa shape index (κ1) is 15.5. The highest BCUT2D eigenvalue weighted by Crippen LogP contribution is 2.29. The van der Waals surface area contributed by atoms with Gasteiger partial charge in [0.05, 0.1) is 28.0 Å². The number of amides is 1. The predicted molar refractivity (Wildman–Crippen MR) is 79.9 cm³/mol. The van der Waals surface area contributed by atoms with Gasteiger partial charge in [-0.2, -0.15) is 0 Å². The molecule has 2 aromatic rings. The molecule has 2 aromatic carbocycles. The van der Waals surface area contributed by atoms with Crippen molar-refractivity contribution in [2.75, 3.05) is 17.2 Å². The molecule has 1 amide bonds. The molecule has 0 aliphatic rings. The molecule has 0 atom stereocenters. The third kappa shape index (κ3) is 4.06. The largest absolute Gasteiger partial charge is 0.374 e. The van der Waals surface area contributed by atoms with Gasteiger partial charge in [-0.15, -0.1) is 0 Å². The van der Waals surface area contributed by atoms with Gasteiger partial charge in [0.2, 0.25) is 5.91 Å². The number of halogens is 4. The quantitative estimate of drug-likeness (QED) is 0.876. The first-order valence-electron chi connectivity index (χ1n) is 5.90. The minimum Gasteiger partial charge on any atom is -0.374 e. The first-order valence-corrected chi connectivity index (χ1v) is 6.66. The summed E-state index contributed by atoms with van der Waals surface area (Å²) in [6.07, 6.45) is 0. The SMILES string of the molecule is O=C(CNc1ccc(F)cc1F)Nc1cccc(Cl)c1Cl. The molecule has 0 spiro atoms. The fourth-order valence-corrected chi connectivity index (χ4v) is 1.95. The number of carbonyl (C=O) groups is 1. The zero-order valence-electron chi connectivity index (χ0n) is 10.6. The molecule has 0 bridgehead atoms. The molecule has 0 unspecified atom stereocenters. The highest BCUT2D eigenvalue weighted by atomic mass is 35.5. The molecule has 110 valence electrons. The van der Waals surface area contributed by atoms with Gasteiger partial charge in [-0.3, -0.25) is 4.79 Å². The third-order valence-corrected chi connectivity index (χ3v) is 3.42. The number of carbonyl (C=O) groups excluding carboxylic acids is 1. The van der Waals surface area contributed by atoms with Crippen LogP contribution in [0.2, 0.25) is 10.0 Å². The Bertz CT molecular complexity index is 680. The standard InChI is InChI=1S/C14H10Cl2F2N2O/c15-9-2-1-3-12(14(9)16)20-13(21)7-19-11-5-4-8(17)6-10(11)18/h1-6,19H,7H2,(H,20,21). The maximum atomic E-state index is 13.4. The van der Waals surface area contributed by atoms with Crippen LogP contribution in [0.3, 0.4) is 0 Å². The second-order valence-electron chi connectivity index (χ2n) is 4.13. The normalized spacial score (nSPS) is 10.3. The van der Waals surface area contributed by atoms with Crippen LogP contribution in [0.4, 0.5) is 20.2 Å². The minimum absolute atomic E-state index is 0.0312. The Morgan fingerprint density at radius 2 is 1.86 bits per heavy atom. The summed E-state index contributed by atoms with van der Waals surface area (Å²) in [5.74, 6) is -1.90. The van der Waals surface area contributed by atoms with E-state index in [-0.39, 0.29) is 17.3 Å². The molecule has 2 N–H and O–H groups in total. The van der Waals surface area contributed by atoms with Crippen LogP contribution >= 0.6 is 23.2 Å². The van der Waals surface area contributed by atoms with Crippen molar-refractivity contribution in [2.45, 2.75) is 0 Å². The summed E-state index contributed by atoms with van der Waals surface area (Å²) in [6.45, 7) is -0.203. The van der Waals surface area contributed by atoms with Crippen LogP contribution < -0.4 is 10.6 Å². The van der Waals surface area contributed by atoms with Crippen molar-refractivity contribution < 1.29 is 13.6 Å². The summed E-state index contributed by atoms with van der Waals surface area (Å²) >= 11 is 11.8. The summed E-state index contributed by atoms with van der Waals surface area (Å²) in [6, 6.07) is 7.85. The monoisotopic (exact) mass is 330 g/mol. The Labute approximate surface area is 129 Å². The summed E-state index contributed by atoms with van der Waals surface area (Å²) in [5, 5.41) is 5.64. The summed E-state index contributed by atoms with van der Waals surface area (Å²) < 4.78 is 26.1. The van der Waals surface area contributed by atoms with Crippen molar-refractivity contribution in [1.29, 1.82) is 0 Å². The van der Waals surface area contributed by atoms with E-state index in [0.29, 0.717) is 10.7 Å². The maximum Gasteiger partial charge on any atom is 0.243 e. The molecule has 0 aromatic heterocycles. The number of rotatable bonds is 4. The maximum absolute atomic E-state index is 13.4.